The van der Waals surface area contributed by atoms with E-state index in [1.165, 1.54) is 22.3 Å². The zero-order valence-electron chi connectivity index (χ0n) is 24.8. The van der Waals surface area contributed by atoms with Gasteiger partial charge in [-0.05, 0) is 59.4 Å². The van der Waals surface area contributed by atoms with E-state index < -0.39 is 5.54 Å². The van der Waals surface area contributed by atoms with Crippen molar-refractivity contribution in [3.63, 3.8) is 0 Å². The molecule has 0 atom stereocenters. The molecule has 1 saturated carbocycles. The number of anilines is 1. The molecule has 3 amide bonds. The number of hydrogen-bond acceptors (Lipinski definition) is 6. The Bertz CT molecular complexity index is 1520. The Morgan fingerprint density at radius 1 is 0.841 bits per heavy atom. The molecule has 9 heteroatoms. The third kappa shape index (κ3) is 5.85. The van der Waals surface area contributed by atoms with Crippen LogP contribution in [0.5, 0.6) is 0 Å². The molecule has 3 aromatic carbocycles. The molecule has 1 saturated heterocycles. The Morgan fingerprint density at radius 2 is 1.45 bits per heavy atom. The maximum atomic E-state index is 13.2. The lowest BCUT2D eigenvalue weighted by atomic mass is 9.80. The Kier molecular flexibility index (Phi) is 8.51. The summed E-state index contributed by atoms with van der Waals surface area (Å²) in [7, 11) is 0. The average Bonchev–Trinajstić information content (AvgIpc) is 3.40. The maximum Gasteiger partial charge on any atom is 0.409 e. The van der Waals surface area contributed by atoms with Gasteiger partial charge in [0.05, 0.1) is 6.07 Å². The summed E-state index contributed by atoms with van der Waals surface area (Å²) in [6.45, 7) is 2.60. The van der Waals surface area contributed by atoms with E-state index in [-0.39, 0.29) is 30.4 Å². The van der Waals surface area contributed by atoms with Crippen LogP contribution in [-0.4, -0.2) is 67.7 Å². The fourth-order valence-corrected chi connectivity index (χ4v) is 6.80. The van der Waals surface area contributed by atoms with E-state index in [9.17, 15) is 14.4 Å². The second kappa shape index (κ2) is 12.8. The number of hydrogen-bond donors (Lipinski definition) is 2. The van der Waals surface area contributed by atoms with E-state index in [1.807, 2.05) is 42.5 Å². The second-order valence-corrected chi connectivity index (χ2v) is 11.8. The van der Waals surface area contributed by atoms with Crippen LogP contribution in [0.25, 0.3) is 11.1 Å². The number of rotatable bonds is 7. The number of fused-ring (bicyclic) bond motifs is 3. The van der Waals surface area contributed by atoms with Crippen molar-refractivity contribution in [1.82, 2.24) is 15.5 Å². The largest absolute Gasteiger partial charge is 0.448 e. The normalized spacial score (nSPS) is 17.2. The summed E-state index contributed by atoms with van der Waals surface area (Å²) in [5, 5.41) is 14.5. The van der Waals surface area contributed by atoms with Gasteiger partial charge >= 0.3 is 6.09 Å². The summed E-state index contributed by atoms with van der Waals surface area (Å²) in [5.41, 5.74) is 5.25. The lowest BCUT2D eigenvalue weighted by molar-refractivity contribution is -0.128. The van der Waals surface area contributed by atoms with Crippen molar-refractivity contribution in [1.29, 1.82) is 5.26 Å². The lowest BCUT2D eigenvalue weighted by Gasteiger charge is -2.36. The molecular weight excluding hydrogens is 554 g/mol. The van der Waals surface area contributed by atoms with Gasteiger partial charge in [0.25, 0.3) is 5.91 Å². The number of ether oxygens (including phenoxy) is 1. The lowest BCUT2D eigenvalue weighted by Crippen LogP contribution is -2.59. The van der Waals surface area contributed by atoms with E-state index in [2.05, 4.69) is 39.8 Å². The van der Waals surface area contributed by atoms with E-state index in [0.29, 0.717) is 51.2 Å². The summed E-state index contributed by atoms with van der Waals surface area (Å²) >= 11 is 0. The topological polar surface area (TPSA) is 115 Å². The van der Waals surface area contributed by atoms with Gasteiger partial charge in [0, 0.05) is 43.3 Å². The Balaban J connectivity index is 1.02. The highest BCUT2D eigenvalue weighted by molar-refractivity contribution is 5.99. The standard InChI is InChI=1S/C35H37N5O4/c36-18-19-37-33(42)35(16-6-1-7-17-35)38-32(41)25-12-14-26(15-13-25)39-20-22-40(23-21-39)34(43)44-24-31-29-10-4-2-8-27(29)28-9-3-5-11-30(28)31/h2-5,8-15,31H,1,6-7,16-17,19-24H2,(H,37,42)(H,38,41). The highest BCUT2D eigenvalue weighted by atomic mass is 16.6. The third-order valence-corrected chi connectivity index (χ3v) is 9.19. The number of nitriles is 1. The molecule has 2 fully saturated rings. The number of nitrogens with zero attached hydrogens (tertiary/aromatic N) is 3. The second-order valence-electron chi connectivity index (χ2n) is 11.8. The van der Waals surface area contributed by atoms with Crippen LogP contribution in [-0.2, 0) is 9.53 Å². The van der Waals surface area contributed by atoms with Crippen molar-refractivity contribution in [3.05, 3.63) is 89.5 Å². The monoisotopic (exact) mass is 591 g/mol. The van der Waals surface area contributed by atoms with Gasteiger partial charge in [0.2, 0.25) is 5.91 Å². The third-order valence-electron chi connectivity index (χ3n) is 9.19. The fraction of sp³-hybridized carbons (Fsp3) is 0.371. The predicted octanol–water partition coefficient (Wildman–Crippen LogP) is 4.83. The molecular formula is C35H37N5O4. The first-order valence-electron chi connectivity index (χ1n) is 15.4. The Morgan fingerprint density at radius 3 is 2.07 bits per heavy atom. The SMILES string of the molecule is N#CCNC(=O)C1(NC(=O)c2ccc(N3CCN(C(=O)OCC4c5ccccc5-c5ccccc54)CC3)cc2)CCCCC1. The van der Waals surface area contributed by atoms with Gasteiger partial charge in [-0.15, -0.1) is 0 Å². The van der Waals surface area contributed by atoms with E-state index in [1.54, 1.807) is 17.0 Å². The van der Waals surface area contributed by atoms with Crippen LogP contribution >= 0.6 is 0 Å². The fourth-order valence-electron chi connectivity index (χ4n) is 6.80. The molecule has 0 spiro atoms. The van der Waals surface area contributed by atoms with Crippen LogP contribution in [0, 0.1) is 11.3 Å². The van der Waals surface area contributed by atoms with Crippen LogP contribution < -0.4 is 15.5 Å². The molecule has 44 heavy (non-hydrogen) atoms. The van der Waals surface area contributed by atoms with E-state index >= 15 is 0 Å². The van der Waals surface area contributed by atoms with Crippen molar-refractivity contribution in [2.75, 3.05) is 44.2 Å². The molecule has 226 valence electrons. The number of amides is 3. The van der Waals surface area contributed by atoms with Crippen LogP contribution in [0.15, 0.2) is 72.8 Å². The Labute approximate surface area is 257 Å². The number of piperazine rings is 1. The quantitative estimate of drug-likeness (QED) is 0.381. The molecule has 9 nitrogen and oxygen atoms in total. The molecule has 2 N–H and O–H groups in total. The highest BCUT2D eigenvalue weighted by Gasteiger charge is 2.41. The first-order chi connectivity index (χ1) is 21.5. The molecule has 1 heterocycles. The number of carbonyl (C=O) groups is 3. The molecule has 3 aromatic rings. The molecule has 1 aliphatic heterocycles. The number of benzene rings is 3. The molecule has 0 unspecified atom stereocenters. The molecule has 0 radical (unpaired) electrons. The predicted molar refractivity (Wildman–Crippen MR) is 167 cm³/mol. The van der Waals surface area contributed by atoms with Crippen molar-refractivity contribution in [2.45, 2.75) is 43.6 Å². The van der Waals surface area contributed by atoms with Crippen molar-refractivity contribution >= 4 is 23.6 Å². The maximum absolute atomic E-state index is 13.2. The summed E-state index contributed by atoms with van der Waals surface area (Å²) in [5.74, 6) is -0.563. The van der Waals surface area contributed by atoms with Gasteiger partial charge in [0.15, 0.2) is 0 Å². The first kappa shape index (κ1) is 29.2. The van der Waals surface area contributed by atoms with Gasteiger partial charge in [-0.3, -0.25) is 9.59 Å². The summed E-state index contributed by atoms with van der Waals surface area (Å²) in [6.07, 6.45) is 3.54. The van der Waals surface area contributed by atoms with Crippen molar-refractivity contribution in [2.24, 2.45) is 0 Å². The van der Waals surface area contributed by atoms with Gasteiger partial charge < -0.3 is 25.2 Å². The molecule has 0 bridgehead atoms. The van der Waals surface area contributed by atoms with Gasteiger partial charge in [-0.1, -0.05) is 67.8 Å². The van der Waals surface area contributed by atoms with Crippen LogP contribution in [0.2, 0.25) is 0 Å². The summed E-state index contributed by atoms with van der Waals surface area (Å²) in [4.78, 5) is 43.0. The van der Waals surface area contributed by atoms with Gasteiger partial charge in [-0.2, -0.15) is 5.26 Å². The first-order valence-corrected chi connectivity index (χ1v) is 15.4. The van der Waals surface area contributed by atoms with Gasteiger partial charge in [0.1, 0.15) is 18.7 Å². The van der Waals surface area contributed by atoms with E-state index in [0.717, 1.165) is 24.9 Å². The molecule has 2 aliphatic carbocycles. The number of nitrogens with one attached hydrogen (secondary N) is 2. The van der Waals surface area contributed by atoms with E-state index in [4.69, 9.17) is 10.00 Å². The highest BCUT2D eigenvalue weighted by Crippen LogP contribution is 2.44. The minimum absolute atomic E-state index is 0.0308. The van der Waals surface area contributed by atoms with Crippen molar-refractivity contribution < 1.29 is 19.1 Å². The average molecular weight is 592 g/mol. The molecule has 0 aromatic heterocycles. The summed E-state index contributed by atoms with van der Waals surface area (Å²) < 4.78 is 5.85. The van der Waals surface area contributed by atoms with Crippen molar-refractivity contribution in [3.8, 4) is 17.2 Å². The Hall–Kier alpha value is -4.84. The van der Waals surface area contributed by atoms with Crippen LogP contribution in [0.1, 0.15) is 59.5 Å². The smallest absolute Gasteiger partial charge is 0.409 e. The summed E-state index contributed by atoms with van der Waals surface area (Å²) in [6, 6.07) is 25.9. The molecule has 3 aliphatic rings. The minimum Gasteiger partial charge on any atom is -0.448 e. The zero-order chi connectivity index (χ0) is 30.5. The van der Waals surface area contributed by atoms with Gasteiger partial charge in [-0.25, -0.2) is 4.79 Å². The van der Waals surface area contributed by atoms with Crippen LogP contribution in [0.4, 0.5) is 10.5 Å². The molecule has 6 rings (SSSR count). The zero-order valence-corrected chi connectivity index (χ0v) is 24.8. The minimum atomic E-state index is -0.986. The number of carbonyl (C=O) groups excluding carboxylic acids is 3. The van der Waals surface area contributed by atoms with Crippen LogP contribution in [0.3, 0.4) is 0 Å².